The third kappa shape index (κ3) is 5.11. The van der Waals surface area contributed by atoms with E-state index in [9.17, 15) is 9.18 Å². The van der Waals surface area contributed by atoms with Crippen molar-refractivity contribution >= 4 is 39.9 Å². The van der Waals surface area contributed by atoms with E-state index in [1.54, 1.807) is 25.3 Å². The number of amides is 1. The van der Waals surface area contributed by atoms with Gasteiger partial charge < -0.3 is 20.1 Å². The van der Waals surface area contributed by atoms with E-state index in [-0.39, 0.29) is 22.7 Å². The largest absolute Gasteiger partial charge is 0.493 e. The molecule has 0 atom stereocenters. The normalized spacial score (nSPS) is 20.9. The number of fused-ring (bicyclic) bond motifs is 1. The average molecular weight is 500 g/mol. The van der Waals surface area contributed by atoms with Gasteiger partial charge in [0.1, 0.15) is 12.1 Å². The summed E-state index contributed by atoms with van der Waals surface area (Å²) in [5.41, 5.74) is 0.863. The molecule has 1 saturated carbocycles. The van der Waals surface area contributed by atoms with Crippen LogP contribution < -0.4 is 20.1 Å². The summed E-state index contributed by atoms with van der Waals surface area (Å²) < 4.78 is 26.4. The molecule has 0 unspecified atom stereocenters. The Kier molecular flexibility index (Phi) is 6.88. The van der Waals surface area contributed by atoms with Crippen LogP contribution in [0, 0.1) is 5.82 Å². The fraction of sp³-hybridized carbons (Fsp3) is 0.400. The molecular formula is C25H27ClFN5O3. The molecule has 1 amide bonds. The summed E-state index contributed by atoms with van der Waals surface area (Å²) in [4.78, 5) is 22.7. The second kappa shape index (κ2) is 10.2. The number of ether oxygens (including phenoxy) is 2. The highest BCUT2D eigenvalue weighted by molar-refractivity contribution is 6.31. The third-order valence-electron chi connectivity index (χ3n) is 6.65. The lowest BCUT2D eigenvalue weighted by atomic mass is 9.91. The van der Waals surface area contributed by atoms with Crippen LogP contribution in [0.3, 0.4) is 0 Å². The standard InChI is InChI=1S/C25H27ClFN5O3/c1-34-21-12-20-17(25(30-14-29-20)31-19-4-2-3-18(26)24(19)27)11-22(21)35-16-7-5-15(6-8-16)32-10-9-28-23(33)13-32/h2-4,11-12,14-16H,5-10,13H2,1H3,(H,28,33)(H,29,30,31)/t15-,16+. The minimum Gasteiger partial charge on any atom is -0.493 e. The van der Waals surface area contributed by atoms with Gasteiger partial charge >= 0.3 is 0 Å². The number of piperazine rings is 1. The first kappa shape index (κ1) is 23.6. The summed E-state index contributed by atoms with van der Waals surface area (Å²) in [6, 6.07) is 8.79. The number of hydrogen-bond donors (Lipinski definition) is 2. The Labute approximate surface area is 207 Å². The van der Waals surface area contributed by atoms with Crippen LogP contribution in [0.5, 0.6) is 11.5 Å². The Balaban J connectivity index is 1.35. The number of benzene rings is 2. The molecule has 1 aromatic heterocycles. The van der Waals surface area contributed by atoms with Crippen LogP contribution in [-0.2, 0) is 4.79 Å². The van der Waals surface area contributed by atoms with Gasteiger partial charge in [-0.15, -0.1) is 0 Å². The van der Waals surface area contributed by atoms with Crippen LogP contribution in [0.15, 0.2) is 36.7 Å². The maximum absolute atomic E-state index is 14.5. The first-order chi connectivity index (χ1) is 17.0. The van der Waals surface area contributed by atoms with E-state index in [1.165, 1.54) is 12.4 Å². The summed E-state index contributed by atoms with van der Waals surface area (Å²) in [7, 11) is 1.59. The highest BCUT2D eigenvalue weighted by Crippen LogP contribution is 2.37. The van der Waals surface area contributed by atoms with Crippen LogP contribution in [0.2, 0.25) is 5.02 Å². The molecular weight excluding hydrogens is 473 g/mol. The predicted octanol–water partition coefficient (Wildman–Crippen LogP) is 4.30. The molecule has 35 heavy (non-hydrogen) atoms. The zero-order valence-corrected chi connectivity index (χ0v) is 20.1. The number of carbonyl (C=O) groups excluding carboxylic acids is 1. The topological polar surface area (TPSA) is 88.6 Å². The van der Waals surface area contributed by atoms with Crippen molar-refractivity contribution in [2.45, 2.75) is 37.8 Å². The molecule has 8 nitrogen and oxygen atoms in total. The molecule has 2 aromatic carbocycles. The van der Waals surface area contributed by atoms with Gasteiger partial charge in [0.05, 0.1) is 36.0 Å². The summed E-state index contributed by atoms with van der Waals surface area (Å²) in [6.45, 7) is 2.07. The maximum atomic E-state index is 14.5. The van der Waals surface area contributed by atoms with Gasteiger partial charge in [-0.2, -0.15) is 0 Å². The molecule has 2 N–H and O–H groups in total. The van der Waals surface area contributed by atoms with Gasteiger partial charge in [0.15, 0.2) is 17.3 Å². The van der Waals surface area contributed by atoms with E-state index in [0.29, 0.717) is 47.4 Å². The van der Waals surface area contributed by atoms with Gasteiger partial charge in [-0.3, -0.25) is 9.69 Å². The van der Waals surface area contributed by atoms with Gasteiger partial charge in [-0.05, 0) is 43.9 Å². The summed E-state index contributed by atoms with van der Waals surface area (Å²) in [5.74, 6) is 1.15. The summed E-state index contributed by atoms with van der Waals surface area (Å²) in [6.07, 6.45) is 5.15. The van der Waals surface area contributed by atoms with Crippen LogP contribution in [0.1, 0.15) is 25.7 Å². The molecule has 0 spiro atoms. The fourth-order valence-electron chi connectivity index (χ4n) is 4.82. The number of halogens is 2. The lowest BCUT2D eigenvalue weighted by Gasteiger charge is -2.38. The number of methoxy groups -OCH3 is 1. The molecule has 1 aliphatic heterocycles. The number of hydrogen-bond acceptors (Lipinski definition) is 7. The Morgan fingerprint density at radius 2 is 2.00 bits per heavy atom. The van der Waals surface area contributed by atoms with Gasteiger partial charge in [0.2, 0.25) is 5.91 Å². The van der Waals surface area contributed by atoms with Crippen molar-refractivity contribution in [2.24, 2.45) is 0 Å². The molecule has 0 bridgehead atoms. The number of nitrogens with zero attached hydrogens (tertiary/aromatic N) is 3. The van der Waals surface area contributed by atoms with Crippen molar-refractivity contribution in [3.63, 3.8) is 0 Å². The second-order valence-corrected chi connectivity index (χ2v) is 9.24. The molecule has 2 aliphatic rings. The molecule has 2 heterocycles. The van der Waals surface area contributed by atoms with Crippen LogP contribution in [0.4, 0.5) is 15.9 Å². The zero-order valence-electron chi connectivity index (χ0n) is 19.4. The predicted molar refractivity (Wildman–Crippen MR) is 132 cm³/mol. The monoisotopic (exact) mass is 499 g/mol. The Morgan fingerprint density at radius 1 is 1.17 bits per heavy atom. The van der Waals surface area contributed by atoms with Crippen LogP contribution in [0.25, 0.3) is 10.9 Å². The van der Waals surface area contributed by atoms with Crippen molar-refractivity contribution in [2.75, 3.05) is 32.1 Å². The van der Waals surface area contributed by atoms with E-state index in [2.05, 4.69) is 25.5 Å². The Hall–Kier alpha value is -3.17. The zero-order chi connectivity index (χ0) is 24.4. The Morgan fingerprint density at radius 3 is 2.77 bits per heavy atom. The molecule has 3 aromatic rings. The molecule has 184 valence electrons. The fourth-order valence-corrected chi connectivity index (χ4v) is 5.00. The Bertz CT molecular complexity index is 1240. The van der Waals surface area contributed by atoms with Crippen molar-refractivity contribution in [3.8, 4) is 11.5 Å². The van der Waals surface area contributed by atoms with Crippen LogP contribution >= 0.6 is 11.6 Å². The van der Waals surface area contributed by atoms with E-state index in [1.807, 2.05) is 6.07 Å². The minimum atomic E-state index is -0.547. The molecule has 5 rings (SSSR count). The number of nitrogens with one attached hydrogen (secondary N) is 2. The van der Waals surface area contributed by atoms with Crippen molar-refractivity contribution < 1.29 is 18.7 Å². The van der Waals surface area contributed by atoms with Crippen molar-refractivity contribution in [1.29, 1.82) is 0 Å². The van der Waals surface area contributed by atoms with Crippen molar-refractivity contribution in [1.82, 2.24) is 20.2 Å². The quantitative estimate of drug-likeness (QED) is 0.523. The third-order valence-corrected chi connectivity index (χ3v) is 6.94. The highest BCUT2D eigenvalue weighted by Gasteiger charge is 2.30. The van der Waals surface area contributed by atoms with E-state index >= 15 is 0 Å². The lowest BCUT2D eigenvalue weighted by molar-refractivity contribution is -0.125. The smallest absolute Gasteiger partial charge is 0.234 e. The van der Waals surface area contributed by atoms with Crippen molar-refractivity contribution in [3.05, 3.63) is 47.5 Å². The number of carbonyl (C=O) groups is 1. The highest BCUT2D eigenvalue weighted by atomic mass is 35.5. The van der Waals surface area contributed by atoms with E-state index in [0.717, 1.165) is 32.2 Å². The average Bonchev–Trinajstić information content (AvgIpc) is 2.87. The van der Waals surface area contributed by atoms with Gasteiger partial charge in [-0.25, -0.2) is 14.4 Å². The second-order valence-electron chi connectivity index (χ2n) is 8.84. The van der Waals surface area contributed by atoms with Gasteiger partial charge in [0, 0.05) is 30.6 Å². The van der Waals surface area contributed by atoms with E-state index < -0.39 is 5.82 Å². The maximum Gasteiger partial charge on any atom is 0.234 e. The lowest BCUT2D eigenvalue weighted by Crippen LogP contribution is -2.52. The number of rotatable bonds is 6. The first-order valence-electron chi connectivity index (χ1n) is 11.7. The van der Waals surface area contributed by atoms with Gasteiger partial charge in [0.25, 0.3) is 0 Å². The number of anilines is 2. The molecule has 2 fully saturated rings. The summed E-state index contributed by atoms with van der Waals surface area (Å²) in [5, 5.41) is 6.61. The molecule has 0 radical (unpaired) electrons. The molecule has 1 saturated heterocycles. The van der Waals surface area contributed by atoms with Crippen LogP contribution in [-0.4, -0.2) is 59.7 Å². The molecule has 10 heteroatoms. The van der Waals surface area contributed by atoms with E-state index in [4.69, 9.17) is 21.1 Å². The first-order valence-corrected chi connectivity index (χ1v) is 12.1. The number of aromatic nitrogens is 2. The summed E-state index contributed by atoms with van der Waals surface area (Å²) >= 11 is 5.93. The molecule has 1 aliphatic carbocycles. The SMILES string of the molecule is COc1cc2ncnc(Nc3cccc(Cl)c3F)c2cc1O[C@H]1CC[C@@H](N2CCNC(=O)C2)CC1. The van der Waals surface area contributed by atoms with Gasteiger partial charge in [-0.1, -0.05) is 17.7 Å². The minimum absolute atomic E-state index is 0.0276.